The molecule has 1 fully saturated rings. The first-order chi connectivity index (χ1) is 8.83. The topological polar surface area (TPSA) is 29.1 Å². The highest BCUT2D eigenvalue weighted by Gasteiger charge is 2.15. The van der Waals surface area contributed by atoms with Crippen molar-refractivity contribution >= 4 is 5.91 Å². The van der Waals surface area contributed by atoms with E-state index < -0.39 is 0 Å². The summed E-state index contributed by atoms with van der Waals surface area (Å²) in [6.07, 6.45) is 16.4. The minimum absolute atomic E-state index is 0.275. The SMILES string of the molecule is CCCCCCCCCCC1CCCCC(=O)N1. The molecule has 1 unspecified atom stereocenters. The summed E-state index contributed by atoms with van der Waals surface area (Å²) in [6.45, 7) is 2.26. The van der Waals surface area contributed by atoms with Gasteiger partial charge in [0.2, 0.25) is 5.91 Å². The fourth-order valence-electron chi connectivity index (χ4n) is 2.79. The molecule has 1 saturated heterocycles. The Bertz CT molecular complexity index is 215. The Balaban J connectivity index is 1.92. The molecule has 106 valence electrons. The van der Waals surface area contributed by atoms with Gasteiger partial charge in [0, 0.05) is 12.5 Å². The summed E-state index contributed by atoms with van der Waals surface area (Å²) in [6, 6.07) is 0.472. The molecular weight excluding hydrogens is 222 g/mol. The van der Waals surface area contributed by atoms with E-state index in [0.717, 1.165) is 12.8 Å². The third kappa shape index (κ3) is 7.73. The third-order valence-electron chi connectivity index (χ3n) is 3.98. The number of carbonyl (C=O) groups is 1. The summed E-state index contributed by atoms with van der Waals surface area (Å²) < 4.78 is 0. The van der Waals surface area contributed by atoms with Gasteiger partial charge in [0.25, 0.3) is 0 Å². The van der Waals surface area contributed by atoms with Crippen molar-refractivity contribution in [3.8, 4) is 0 Å². The summed E-state index contributed by atoms with van der Waals surface area (Å²) >= 11 is 0. The molecule has 1 aliphatic heterocycles. The molecule has 1 rings (SSSR count). The van der Waals surface area contributed by atoms with E-state index in [1.807, 2.05) is 0 Å². The molecule has 1 atom stereocenters. The van der Waals surface area contributed by atoms with Crippen molar-refractivity contribution < 1.29 is 4.79 Å². The van der Waals surface area contributed by atoms with Crippen LogP contribution in [0.3, 0.4) is 0 Å². The highest BCUT2D eigenvalue weighted by molar-refractivity contribution is 5.76. The Morgan fingerprint density at radius 3 is 2.39 bits per heavy atom. The molecule has 0 spiro atoms. The van der Waals surface area contributed by atoms with Gasteiger partial charge in [-0.25, -0.2) is 0 Å². The normalized spacial score (nSPS) is 20.5. The molecule has 0 saturated carbocycles. The average Bonchev–Trinajstić information content (AvgIpc) is 2.57. The van der Waals surface area contributed by atoms with Crippen LogP contribution in [0, 0.1) is 0 Å². The van der Waals surface area contributed by atoms with Crippen molar-refractivity contribution in [2.24, 2.45) is 0 Å². The average molecular weight is 253 g/mol. The minimum Gasteiger partial charge on any atom is -0.353 e. The zero-order valence-electron chi connectivity index (χ0n) is 12.2. The number of nitrogens with one attached hydrogen (secondary N) is 1. The molecule has 1 aliphatic rings. The van der Waals surface area contributed by atoms with Gasteiger partial charge >= 0.3 is 0 Å². The predicted molar refractivity (Wildman–Crippen MR) is 77.6 cm³/mol. The van der Waals surface area contributed by atoms with Crippen LogP contribution in [0.1, 0.15) is 90.4 Å². The lowest BCUT2D eigenvalue weighted by Crippen LogP contribution is -2.32. The third-order valence-corrected chi connectivity index (χ3v) is 3.98. The molecule has 0 aliphatic carbocycles. The van der Waals surface area contributed by atoms with Crippen molar-refractivity contribution in [2.75, 3.05) is 0 Å². The smallest absolute Gasteiger partial charge is 0.220 e. The van der Waals surface area contributed by atoms with Crippen molar-refractivity contribution in [3.05, 3.63) is 0 Å². The summed E-state index contributed by atoms with van der Waals surface area (Å²) in [5.74, 6) is 0.275. The minimum atomic E-state index is 0.275. The van der Waals surface area contributed by atoms with Gasteiger partial charge in [-0.1, -0.05) is 64.7 Å². The predicted octanol–water partition coefficient (Wildman–Crippen LogP) is 4.58. The highest BCUT2D eigenvalue weighted by Crippen LogP contribution is 2.16. The Morgan fingerprint density at radius 1 is 1.00 bits per heavy atom. The zero-order chi connectivity index (χ0) is 13.1. The summed E-state index contributed by atoms with van der Waals surface area (Å²) in [5, 5.41) is 3.16. The second-order valence-electron chi connectivity index (χ2n) is 5.77. The van der Waals surface area contributed by atoms with E-state index in [1.165, 1.54) is 70.6 Å². The summed E-state index contributed by atoms with van der Waals surface area (Å²) in [7, 11) is 0. The van der Waals surface area contributed by atoms with Gasteiger partial charge in [-0.15, -0.1) is 0 Å². The Morgan fingerprint density at radius 2 is 1.67 bits per heavy atom. The van der Waals surface area contributed by atoms with Crippen molar-refractivity contribution in [1.29, 1.82) is 0 Å². The maximum Gasteiger partial charge on any atom is 0.220 e. The van der Waals surface area contributed by atoms with E-state index in [2.05, 4.69) is 12.2 Å². The first kappa shape index (κ1) is 15.5. The van der Waals surface area contributed by atoms with Crippen LogP contribution in [0.2, 0.25) is 0 Å². The van der Waals surface area contributed by atoms with Crippen LogP contribution in [-0.2, 0) is 4.79 Å². The maximum absolute atomic E-state index is 11.4. The molecule has 1 N–H and O–H groups in total. The van der Waals surface area contributed by atoms with E-state index >= 15 is 0 Å². The van der Waals surface area contributed by atoms with E-state index in [4.69, 9.17) is 0 Å². The molecule has 1 heterocycles. The lowest BCUT2D eigenvalue weighted by molar-refractivity contribution is -0.121. The molecule has 18 heavy (non-hydrogen) atoms. The maximum atomic E-state index is 11.4. The van der Waals surface area contributed by atoms with E-state index in [1.54, 1.807) is 0 Å². The van der Waals surface area contributed by atoms with Gasteiger partial charge in [-0.05, 0) is 19.3 Å². The van der Waals surface area contributed by atoms with Crippen LogP contribution in [0.15, 0.2) is 0 Å². The molecular formula is C16H31NO. The molecule has 2 heteroatoms. The Hall–Kier alpha value is -0.530. The number of unbranched alkanes of at least 4 members (excludes halogenated alkanes) is 7. The first-order valence-corrected chi connectivity index (χ1v) is 8.12. The number of hydrogen-bond donors (Lipinski definition) is 1. The zero-order valence-corrected chi connectivity index (χ0v) is 12.2. The molecule has 2 nitrogen and oxygen atoms in total. The Labute approximate surface area is 113 Å². The van der Waals surface area contributed by atoms with E-state index in [0.29, 0.717) is 6.04 Å². The van der Waals surface area contributed by atoms with Gasteiger partial charge < -0.3 is 5.32 Å². The number of amides is 1. The van der Waals surface area contributed by atoms with Crippen molar-refractivity contribution in [2.45, 2.75) is 96.4 Å². The van der Waals surface area contributed by atoms with Crippen LogP contribution in [-0.4, -0.2) is 11.9 Å². The van der Waals surface area contributed by atoms with Crippen LogP contribution in [0.25, 0.3) is 0 Å². The number of carbonyl (C=O) groups excluding carboxylic acids is 1. The van der Waals surface area contributed by atoms with Crippen LogP contribution >= 0.6 is 0 Å². The van der Waals surface area contributed by atoms with Crippen molar-refractivity contribution in [1.82, 2.24) is 5.32 Å². The molecule has 0 bridgehead atoms. The second kappa shape index (κ2) is 10.4. The summed E-state index contributed by atoms with van der Waals surface area (Å²) in [5.41, 5.74) is 0. The largest absolute Gasteiger partial charge is 0.353 e. The van der Waals surface area contributed by atoms with Crippen LogP contribution in [0.5, 0.6) is 0 Å². The number of hydrogen-bond acceptors (Lipinski definition) is 1. The molecule has 1 amide bonds. The standard InChI is InChI=1S/C16H31NO/c1-2-3-4-5-6-7-8-9-12-15-13-10-11-14-16(18)17-15/h15H,2-14H2,1H3,(H,17,18). The molecule has 0 aromatic heterocycles. The van der Waals surface area contributed by atoms with Gasteiger partial charge in [-0.2, -0.15) is 0 Å². The second-order valence-corrected chi connectivity index (χ2v) is 5.77. The lowest BCUT2D eigenvalue weighted by Gasteiger charge is -2.15. The van der Waals surface area contributed by atoms with E-state index in [-0.39, 0.29) is 5.91 Å². The lowest BCUT2D eigenvalue weighted by atomic mass is 10.0. The highest BCUT2D eigenvalue weighted by atomic mass is 16.1. The van der Waals surface area contributed by atoms with Gasteiger partial charge in [0.05, 0.1) is 0 Å². The fraction of sp³-hybridized carbons (Fsp3) is 0.938. The van der Waals surface area contributed by atoms with Crippen LogP contribution < -0.4 is 5.32 Å². The molecule has 0 radical (unpaired) electrons. The molecule has 0 aromatic carbocycles. The first-order valence-electron chi connectivity index (χ1n) is 8.12. The quantitative estimate of drug-likeness (QED) is 0.599. The van der Waals surface area contributed by atoms with Crippen molar-refractivity contribution in [3.63, 3.8) is 0 Å². The number of rotatable bonds is 9. The molecule has 0 aromatic rings. The van der Waals surface area contributed by atoms with Gasteiger partial charge in [0.15, 0.2) is 0 Å². The van der Waals surface area contributed by atoms with Gasteiger partial charge in [0.1, 0.15) is 0 Å². The summed E-state index contributed by atoms with van der Waals surface area (Å²) in [4.78, 5) is 11.4. The van der Waals surface area contributed by atoms with E-state index in [9.17, 15) is 4.79 Å². The fourth-order valence-corrected chi connectivity index (χ4v) is 2.79. The Kier molecular flexibility index (Phi) is 8.97. The van der Waals surface area contributed by atoms with Gasteiger partial charge in [-0.3, -0.25) is 4.79 Å². The monoisotopic (exact) mass is 253 g/mol. The van der Waals surface area contributed by atoms with Crippen LogP contribution in [0.4, 0.5) is 0 Å².